The maximum Gasteiger partial charge on any atom is 0.254 e. The average molecular weight is 307 g/mol. The van der Waals surface area contributed by atoms with Gasteiger partial charge in [0.1, 0.15) is 0 Å². The van der Waals surface area contributed by atoms with E-state index in [9.17, 15) is 4.79 Å². The first-order valence-electron chi connectivity index (χ1n) is 7.45. The SMILES string of the molecule is CSOCc1ccc2c(c1)CCN(C1CCOCC1)C2=O. The molecule has 1 fully saturated rings. The Morgan fingerprint density at radius 3 is 2.95 bits per heavy atom. The number of rotatable bonds is 4. The summed E-state index contributed by atoms with van der Waals surface area (Å²) in [5.74, 6) is 0.181. The van der Waals surface area contributed by atoms with Crippen molar-refractivity contribution in [1.82, 2.24) is 4.90 Å². The van der Waals surface area contributed by atoms with Crippen LogP contribution in [0.25, 0.3) is 0 Å². The minimum atomic E-state index is 0.181. The van der Waals surface area contributed by atoms with Crippen LogP contribution in [-0.2, 0) is 21.9 Å². The molecule has 0 N–H and O–H groups in total. The zero-order chi connectivity index (χ0) is 14.7. The van der Waals surface area contributed by atoms with Crippen LogP contribution in [0.15, 0.2) is 18.2 Å². The monoisotopic (exact) mass is 307 g/mol. The summed E-state index contributed by atoms with van der Waals surface area (Å²) in [5, 5.41) is 0. The third kappa shape index (κ3) is 3.25. The van der Waals surface area contributed by atoms with E-state index in [1.807, 2.05) is 23.3 Å². The zero-order valence-corrected chi connectivity index (χ0v) is 13.2. The number of carbonyl (C=O) groups is 1. The van der Waals surface area contributed by atoms with Crippen molar-refractivity contribution in [2.24, 2.45) is 0 Å². The van der Waals surface area contributed by atoms with Gasteiger partial charge in [0.2, 0.25) is 0 Å². The summed E-state index contributed by atoms with van der Waals surface area (Å²) in [6.07, 6.45) is 4.76. The lowest BCUT2D eigenvalue weighted by Crippen LogP contribution is -2.47. The van der Waals surface area contributed by atoms with Crippen LogP contribution in [0.5, 0.6) is 0 Å². The number of hydrogen-bond donors (Lipinski definition) is 0. The Bertz CT molecular complexity index is 514. The van der Waals surface area contributed by atoms with Gasteiger partial charge in [0.05, 0.1) is 6.61 Å². The van der Waals surface area contributed by atoms with Crippen molar-refractivity contribution in [3.63, 3.8) is 0 Å². The van der Waals surface area contributed by atoms with Crippen molar-refractivity contribution in [2.75, 3.05) is 26.0 Å². The van der Waals surface area contributed by atoms with Crippen LogP contribution in [0.4, 0.5) is 0 Å². The molecule has 3 rings (SSSR count). The molecule has 0 radical (unpaired) electrons. The highest BCUT2D eigenvalue weighted by atomic mass is 32.2. The lowest BCUT2D eigenvalue weighted by Gasteiger charge is -2.37. The van der Waals surface area contributed by atoms with Gasteiger partial charge in [0, 0.05) is 37.6 Å². The van der Waals surface area contributed by atoms with Crippen molar-refractivity contribution in [2.45, 2.75) is 31.9 Å². The van der Waals surface area contributed by atoms with Gasteiger partial charge < -0.3 is 13.8 Å². The first kappa shape index (κ1) is 14.9. The first-order chi connectivity index (χ1) is 10.3. The van der Waals surface area contributed by atoms with Gasteiger partial charge in [0.15, 0.2) is 0 Å². The highest BCUT2D eigenvalue weighted by molar-refractivity contribution is 7.93. The molecule has 0 bridgehead atoms. The molecule has 1 aromatic rings. The predicted molar refractivity (Wildman–Crippen MR) is 83.3 cm³/mol. The molecule has 0 unspecified atom stereocenters. The molecule has 0 aliphatic carbocycles. The van der Waals surface area contributed by atoms with E-state index in [1.165, 1.54) is 12.0 Å². The van der Waals surface area contributed by atoms with Crippen LogP contribution >= 0.6 is 12.0 Å². The van der Waals surface area contributed by atoms with E-state index in [0.29, 0.717) is 12.6 Å². The smallest absolute Gasteiger partial charge is 0.254 e. The Kier molecular flexibility index (Phi) is 4.83. The van der Waals surface area contributed by atoms with Gasteiger partial charge in [-0.3, -0.25) is 4.79 Å². The molecule has 1 amide bonds. The highest BCUT2D eigenvalue weighted by Crippen LogP contribution is 2.25. The van der Waals surface area contributed by atoms with Gasteiger partial charge in [-0.25, -0.2) is 0 Å². The van der Waals surface area contributed by atoms with E-state index in [2.05, 4.69) is 6.07 Å². The summed E-state index contributed by atoms with van der Waals surface area (Å²) in [5.41, 5.74) is 3.15. The molecule has 2 heterocycles. The summed E-state index contributed by atoms with van der Waals surface area (Å²) >= 11 is 1.37. The number of carbonyl (C=O) groups excluding carboxylic acids is 1. The van der Waals surface area contributed by atoms with E-state index in [1.54, 1.807) is 0 Å². The van der Waals surface area contributed by atoms with Gasteiger partial charge in [0.25, 0.3) is 5.91 Å². The van der Waals surface area contributed by atoms with E-state index in [0.717, 1.165) is 55.7 Å². The van der Waals surface area contributed by atoms with Crippen molar-refractivity contribution >= 4 is 17.9 Å². The second-order valence-electron chi connectivity index (χ2n) is 5.51. The molecule has 114 valence electrons. The van der Waals surface area contributed by atoms with Gasteiger partial charge in [-0.1, -0.05) is 12.1 Å². The van der Waals surface area contributed by atoms with Crippen molar-refractivity contribution in [1.29, 1.82) is 0 Å². The normalized spacial score (nSPS) is 19.7. The predicted octanol–water partition coefficient (Wildman–Crippen LogP) is 2.66. The molecular formula is C16H21NO3S. The average Bonchev–Trinajstić information content (AvgIpc) is 2.54. The minimum Gasteiger partial charge on any atom is -0.381 e. The molecule has 2 aliphatic heterocycles. The summed E-state index contributed by atoms with van der Waals surface area (Å²) in [7, 11) is 0. The second kappa shape index (κ2) is 6.81. The van der Waals surface area contributed by atoms with Gasteiger partial charge >= 0.3 is 0 Å². The highest BCUT2D eigenvalue weighted by Gasteiger charge is 2.30. The molecule has 0 saturated carbocycles. The molecule has 0 aromatic heterocycles. The largest absolute Gasteiger partial charge is 0.381 e. The van der Waals surface area contributed by atoms with Gasteiger partial charge in [-0.15, -0.1) is 0 Å². The lowest BCUT2D eigenvalue weighted by atomic mass is 9.94. The molecule has 21 heavy (non-hydrogen) atoms. The number of ether oxygens (including phenoxy) is 1. The number of amides is 1. The quantitative estimate of drug-likeness (QED) is 0.802. The van der Waals surface area contributed by atoms with Crippen LogP contribution in [0.1, 0.15) is 34.3 Å². The molecule has 0 spiro atoms. The van der Waals surface area contributed by atoms with E-state index < -0.39 is 0 Å². The van der Waals surface area contributed by atoms with Crippen LogP contribution in [0, 0.1) is 0 Å². The molecule has 4 nitrogen and oxygen atoms in total. The lowest BCUT2D eigenvalue weighted by molar-refractivity contribution is 0.0276. The van der Waals surface area contributed by atoms with Crippen LogP contribution in [-0.4, -0.2) is 42.9 Å². The van der Waals surface area contributed by atoms with E-state index in [-0.39, 0.29) is 5.91 Å². The Hall–Kier alpha value is -1.04. The Labute approximate surface area is 130 Å². The molecule has 5 heteroatoms. The first-order valence-corrected chi connectivity index (χ1v) is 8.60. The van der Waals surface area contributed by atoms with Gasteiger partial charge in [-0.05, 0) is 48.5 Å². The fourth-order valence-corrected chi connectivity index (χ4v) is 3.38. The topological polar surface area (TPSA) is 38.8 Å². The Morgan fingerprint density at radius 1 is 1.38 bits per heavy atom. The number of fused-ring (bicyclic) bond motifs is 1. The van der Waals surface area contributed by atoms with Crippen molar-refractivity contribution < 1.29 is 13.7 Å². The fourth-order valence-electron chi connectivity index (χ4n) is 3.12. The maximum atomic E-state index is 12.7. The Balaban J connectivity index is 1.75. The Morgan fingerprint density at radius 2 is 2.19 bits per heavy atom. The summed E-state index contributed by atoms with van der Waals surface area (Å²) in [6, 6.07) is 6.42. The summed E-state index contributed by atoms with van der Waals surface area (Å²) in [6.45, 7) is 2.95. The van der Waals surface area contributed by atoms with Gasteiger partial charge in [-0.2, -0.15) is 0 Å². The minimum absolute atomic E-state index is 0.181. The van der Waals surface area contributed by atoms with Crippen LogP contribution in [0.2, 0.25) is 0 Å². The van der Waals surface area contributed by atoms with Crippen molar-refractivity contribution in [3.8, 4) is 0 Å². The number of hydrogen-bond acceptors (Lipinski definition) is 4. The standard InChI is InChI=1S/C16H21NO3S/c1-21-20-11-12-2-3-15-13(10-12)4-7-17(16(15)18)14-5-8-19-9-6-14/h2-3,10,14H,4-9,11H2,1H3. The van der Waals surface area contributed by atoms with Crippen LogP contribution < -0.4 is 0 Å². The number of nitrogens with zero attached hydrogens (tertiary/aromatic N) is 1. The molecular weight excluding hydrogens is 286 g/mol. The van der Waals surface area contributed by atoms with E-state index >= 15 is 0 Å². The van der Waals surface area contributed by atoms with Crippen molar-refractivity contribution in [3.05, 3.63) is 34.9 Å². The third-order valence-corrected chi connectivity index (χ3v) is 4.61. The molecule has 2 aliphatic rings. The summed E-state index contributed by atoms with van der Waals surface area (Å²) in [4.78, 5) is 14.7. The second-order valence-corrected chi connectivity index (χ2v) is 6.08. The molecule has 1 saturated heterocycles. The molecule has 0 atom stereocenters. The zero-order valence-electron chi connectivity index (χ0n) is 12.3. The maximum absolute atomic E-state index is 12.7. The summed E-state index contributed by atoms with van der Waals surface area (Å²) < 4.78 is 10.8. The third-order valence-electron chi connectivity index (χ3n) is 4.26. The molecule has 1 aromatic carbocycles. The van der Waals surface area contributed by atoms with Crippen LogP contribution in [0.3, 0.4) is 0 Å². The fraction of sp³-hybridized carbons (Fsp3) is 0.562. The number of benzene rings is 1. The van der Waals surface area contributed by atoms with E-state index in [4.69, 9.17) is 8.92 Å².